The fourth-order valence-corrected chi connectivity index (χ4v) is 3.96. The molecule has 0 aliphatic carbocycles. The standard InChI is InChI=1S/C27H27ClN2O3/c1-19-10-15-23(28)25(18-19)33-17-7-3-6-16-30-26(20-11-13-21(32-2)14-12-20)29-24-9-5-4-8-22(24)27(30)31/h4-5,8-15,18H,3,6-7,16-17H2,1-2H3. The van der Waals surface area contributed by atoms with Gasteiger partial charge in [-0.3, -0.25) is 9.36 Å². The van der Waals surface area contributed by atoms with Crippen LogP contribution in [-0.2, 0) is 6.54 Å². The highest BCUT2D eigenvalue weighted by Gasteiger charge is 2.13. The van der Waals surface area contributed by atoms with E-state index >= 15 is 0 Å². The summed E-state index contributed by atoms with van der Waals surface area (Å²) in [5.41, 5.74) is 2.68. The molecule has 1 heterocycles. The lowest BCUT2D eigenvalue weighted by Crippen LogP contribution is -2.23. The Bertz CT molecular complexity index is 1300. The topological polar surface area (TPSA) is 53.3 Å². The number of hydrogen-bond acceptors (Lipinski definition) is 4. The van der Waals surface area contributed by atoms with Gasteiger partial charge in [-0.05, 0) is 80.3 Å². The van der Waals surface area contributed by atoms with Gasteiger partial charge in [-0.1, -0.05) is 29.8 Å². The number of methoxy groups -OCH3 is 1. The molecule has 0 bridgehead atoms. The van der Waals surface area contributed by atoms with Crippen LogP contribution in [0.25, 0.3) is 22.3 Å². The molecule has 33 heavy (non-hydrogen) atoms. The van der Waals surface area contributed by atoms with Crippen molar-refractivity contribution in [1.82, 2.24) is 9.55 Å². The van der Waals surface area contributed by atoms with Gasteiger partial charge >= 0.3 is 0 Å². The van der Waals surface area contributed by atoms with Crippen molar-refractivity contribution in [2.45, 2.75) is 32.7 Å². The Kier molecular flexibility index (Phi) is 7.30. The summed E-state index contributed by atoms with van der Waals surface area (Å²) in [6.45, 7) is 3.18. The van der Waals surface area contributed by atoms with E-state index in [4.69, 9.17) is 26.1 Å². The number of aryl methyl sites for hydroxylation is 1. The van der Waals surface area contributed by atoms with Crippen LogP contribution in [0.5, 0.6) is 11.5 Å². The Balaban J connectivity index is 1.47. The van der Waals surface area contributed by atoms with E-state index in [0.717, 1.165) is 36.1 Å². The van der Waals surface area contributed by atoms with Crippen LogP contribution in [0, 0.1) is 6.92 Å². The molecular weight excluding hydrogens is 436 g/mol. The monoisotopic (exact) mass is 462 g/mol. The number of halogens is 1. The molecule has 4 aromatic rings. The van der Waals surface area contributed by atoms with Crippen molar-refractivity contribution < 1.29 is 9.47 Å². The van der Waals surface area contributed by atoms with Gasteiger partial charge in [0.25, 0.3) is 5.56 Å². The Labute approximate surface area is 198 Å². The van der Waals surface area contributed by atoms with E-state index in [1.54, 1.807) is 11.7 Å². The summed E-state index contributed by atoms with van der Waals surface area (Å²) in [5, 5.41) is 1.26. The van der Waals surface area contributed by atoms with Gasteiger partial charge in [-0.25, -0.2) is 4.98 Å². The minimum absolute atomic E-state index is 0.0192. The van der Waals surface area contributed by atoms with Gasteiger partial charge in [0, 0.05) is 12.1 Å². The summed E-state index contributed by atoms with van der Waals surface area (Å²) in [5.74, 6) is 2.15. The molecule has 170 valence electrons. The molecule has 0 saturated heterocycles. The second kappa shape index (κ2) is 10.5. The molecule has 4 rings (SSSR count). The zero-order valence-corrected chi connectivity index (χ0v) is 19.6. The van der Waals surface area contributed by atoms with Gasteiger partial charge in [-0.15, -0.1) is 0 Å². The van der Waals surface area contributed by atoms with E-state index in [1.807, 2.05) is 73.7 Å². The molecule has 6 heteroatoms. The Morgan fingerprint density at radius 1 is 0.970 bits per heavy atom. The van der Waals surface area contributed by atoms with Gasteiger partial charge in [0.05, 0.1) is 29.6 Å². The van der Waals surface area contributed by atoms with Crippen molar-refractivity contribution in [2.24, 2.45) is 0 Å². The predicted molar refractivity (Wildman–Crippen MR) is 134 cm³/mol. The first-order valence-corrected chi connectivity index (χ1v) is 11.5. The summed E-state index contributed by atoms with van der Waals surface area (Å²) < 4.78 is 12.9. The third kappa shape index (κ3) is 5.37. The number of rotatable bonds is 9. The van der Waals surface area contributed by atoms with E-state index in [2.05, 4.69) is 0 Å². The predicted octanol–water partition coefficient (Wildman–Crippen LogP) is 6.28. The van der Waals surface area contributed by atoms with Gasteiger partial charge in [0.2, 0.25) is 0 Å². The Hall–Kier alpha value is -3.31. The highest BCUT2D eigenvalue weighted by atomic mass is 35.5. The Morgan fingerprint density at radius 2 is 1.76 bits per heavy atom. The van der Waals surface area contributed by atoms with Crippen LogP contribution in [-0.4, -0.2) is 23.3 Å². The normalized spacial score (nSPS) is 11.0. The van der Waals surface area contributed by atoms with E-state index in [-0.39, 0.29) is 5.56 Å². The summed E-state index contributed by atoms with van der Waals surface area (Å²) in [6, 6.07) is 20.9. The first-order chi connectivity index (χ1) is 16.1. The van der Waals surface area contributed by atoms with E-state index in [1.165, 1.54) is 0 Å². The largest absolute Gasteiger partial charge is 0.497 e. The molecule has 0 N–H and O–H groups in total. The van der Waals surface area contributed by atoms with Gasteiger partial charge in [0.15, 0.2) is 0 Å². The van der Waals surface area contributed by atoms with Crippen molar-refractivity contribution in [2.75, 3.05) is 13.7 Å². The first-order valence-electron chi connectivity index (χ1n) is 11.1. The van der Waals surface area contributed by atoms with E-state index < -0.39 is 0 Å². The van der Waals surface area contributed by atoms with Gasteiger partial charge in [-0.2, -0.15) is 0 Å². The SMILES string of the molecule is COc1ccc(-c2nc3ccccc3c(=O)n2CCCCCOc2cc(C)ccc2Cl)cc1. The number of ether oxygens (including phenoxy) is 2. The second-order valence-electron chi connectivity index (χ2n) is 7.98. The van der Waals surface area contributed by atoms with Crippen LogP contribution in [0.3, 0.4) is 0 Å². The third-order valence-electron chi connectivity index (χ3n) is 5.58. The summed E-state index contributed by atoms with van der Waals surface area (Å²) >= 11 is 6.20. The average molecular weight is 463 g/mol. The number of hydrogen-bond donors (Lipinski definition) is 0. The molecule has 5 nitrogen and oxygen atoms in total. The lowest BCUT2D eigenvalue weighted by Gasteiger charge is -2.14. The average Bonchev–Trinajstić information content (AvgIpc) is 2.84. The maximum atomic E-state index is 13.3. The van der Waals surface area contributed by atoms with Crippen LogP contribution < -0.4 is 15.0 Å². The maximum absolute atomic E-state index is 13.3. The minimum atomic E-state index is -0.0192. The highest BCUT2D eigenvalue weighted by Crippen LogP contribution is 2.26. The smallest absolute Gasteiger partial charge is 0.261 e. The van der Waals surface area contributed by atoms with Gasteiger partial charge < -0.3 is 9.47 Å². The molecule has 0 amide bonds. The van der Waals surface area contributed by atoms with Crippen LogP contribution >= 0.6 is 11.6 Å². The van der Waals surface area contributed by atoms with Crippen molar-refractivity contribution in [3.8, 4) is 22.9 Å². The van der Waals surface area contributed by atoms with Gasteiger partial charge in [0.1, 0.15) is 17.3 Å². The van der Waals surface area contributed by atoms with Crippen molar-refractivity contribution in [3.05, 3.63) is 87.7 Å². The molecule has 0 radical (unpaired) electrons. The molecule has 0 saturated carbocycles. The number of aromatic nitrogens is 2. The fraction of sp³-hybridized carbons (Fsp3) is 0.259. The zero-order valence-electron chi connectivity index (χ0n) is 18.9. The highest BCUT2D eigenvalue weighted by molar-refractivity contribution is 6.32. The molecule has 0 aliphatic heterocycles. The second-order valence-corrected chi connectivity index (χ2v) is 8.39. The number of unbranched alkanes of at least 4 members (excludes halogenated alkanes) is 2. The quantitative estimate of drug-likeness (QED) is 0.274. The third-order valence-corrected chi connectivity index (χ3v) is 5.89. The van der Waals surface area contributed by atoms with E-state index in [0.29, 0.717) is 40.7 Å². The summed E-state index contributed by atoms with van der Waals surface area (Å²) in [7, 11) is 1.63. The van der Waals surface area contributed by atoms with Crippen LogP contribution in [0.1, 0.15) is 24.8 Å². The summed E-state index contributed by atoms with van der Waals surface area (Å²) in [4.78, 5) is 18.1. The molecule has 0 unspecified atom stereocenters. The fourth-order valence-electron chi connectivity index (χ4n) is 3.79. The number of fused-ring (bicyclic) bond motifs is 1. The molecule has 1 aromatic heterocycles. The van der Waals surface area contributed by atoms with E-state index in [9.17, 15) is 4.79 Å². The Morgan fingerprint density at radius 3 is 2.55 bits per heavy atom. The van der Waals surface area contributed by atoms with Crippen LogP contribution in [0.4, 0.5) is 0 Å². The lowest BCUT2D eigenvalue weighted by molar-refractivity contribution is 0.303. The molecule has 0 aliphatic rings. The molecular formula is C27H27ClN2O3. The zero-order chi connectivity index (χ0) is 23.2. The molecule has 0 fully saturated rings. The maximum Gasteiger partial charge on any atom is 0.261 e. The van der Waals surface area contributed by atoms with Crippen molar-refractivity contribution >= 4 is 22.5 Å². The minimum Gasteiger partial charge on any atom is -0.497 e. The number of para-hydroxylation sites is 1. The van der Waals surface area contributed by atoms with Crippen LogP contribution in [0.2, 0.25) is 5.02 Å². The molecule has 0 spiro atoms. The lowest BCUT2D eigenvalue weighted by atomic mass is 10.1. The van der Waals surface area contributed by atoms with Crippen molar-refractivity contribution in [1.29, 1.82) is 0 Å². The van der Waals surface area contributed by atoms with Crippen molar-refractivity contribution in [3.63, 3.8) is 0 Å². The molecule has 0 atom stereocenters. The number of benzene rings is 3. The molecule has 3 aromatic carbocycles. The first kappa shape index (κ1) is 22.9. The van der Waals surface area contributed by atoms with Crippen LogP contribution in [0.15, 0.2) is 71.5 Å². The summed E-state index contributed by atoms with van der Waals surface area (Å²) in [6.07, 6.45) is 2.64. The number of nitrogens with zero attached hydrogens (tertiary/aromatic N) is 2.